The van der Waals surface area contributed by atoms with E-state index in [4.69, 9.17) is 20.5 Å². The standard InChI is InChI=1S/C15H19N5O2/c1-15(2,3)22-14(21)20-7-5-4-6-12(20)13(19-10-18)11(8-16)9-17/h12,19H,4-7H2,1-3H3. The zero-order valence-corrected chi connectivity index (χ0v) is 13.0. The summed E-state index contributed by atoms with van der Waals surface area (Å²) in [6, 6.07) is 3.01. The number of rotatable bonds is 2. The second kappa shape index (κ2) is 7.33. The van der Waals surface area contributed by atoms with Crippen molar-refractivity contribution < 1.29 is 9.53 Å². The lowest BCUT2D eigenvalue weighted by atomic mass is 9.97. The maximum atomic E-state index is 12.3. The van der Waals surface area contributed by atoms with Crippen LogP contribution in [-0.4, -0.2) is 29.2 Å². The van der Waals surface area contributed by atoms with E-state index in [1.807, 2.05) is 0 Å². The highest BCUT2D eigenvalue weighted by molar-refractivity contribution is 5.69. The number of carbonyl (C=O) groups is 1. The van der Waals surface area contributed by atoms with Gasteiger partial charge in [0.2, 0.25) is 0 Å². The zero-order chi connectivity index (χ0) is 16.8. The number of nitrogens with one attached hydrogen (secondary N) is 1. The van der Waals surface area contributed by atoms with E-state index in [0.29, 0.717) is 13.0 Å². The Morgan fingerprint density at radius 3 is 2.36 bits per heavy atom. The molecule has 0 aromatic carbocycles. The van der Waals surface area contributed by atoms with Gasteiger partial charge < -0.3 is 4.74 Å². The van der Waals surface area contributed by atoms with Crippen LogP contribution in [0.3, 0.4) is 0 Å². The van der Waals surface area contributed by atoms with Crippen molar-refractivity contribution in [2.24, 2.45) is 0 Å². The zero-order valence-electron chi connectivity index (χ0n) is 13.0. The maximum absolute atomic E-state index is 12.3. The molecular formula is C15H19N5O2. The third kappa shape index (κ3) is 4.40. The van der Waals surface area contributed by atoms with Gasteiger partial charge in [-0.25, -0.2) is 4.79 Å². The Morgan fingerprint density at radius 1 is 1.23 bits per heavy atom. The van der Waals surface area contributed by atoms with Crippen molar-refractivity contribution >= 4 is 6.09 Å². The van der Waals surface area contributed by atoms with E-state index in [-0.39, 0.29) is 11.3 Å². The van der Waals surface area contributed by atoms with Gasteiger partial charge in [-0.1, -0.05) is 0 Å². The van der Waals surface area contributed by atoms with Gasteiger partial charge in [0.15, 0.2) is 11.8 Å². The van der Waals surface area contributed by atoms with Crippen molar-refractivity contribution in [1.82, 2.24) is 10.2 Å². The van der Waals surface area contributed by atoms with Crippen molar-refractivity contribution in [3.05, 3.63) is 11.3 Å². The van der Waals surface area contributed by atoms with Crippen LogP contribution in [0.5, 0.6) is 0 Å². The molecule has 0 aromatic rings. The molecular weight excluding hydrogens is 282 g/mol. The van der Waals surface area contributed by atoms with Crippen LogP contribution in [0.2, 0.25) is 0 Å². The summed E-state index contributed by atoms with van der Waals surface area (Å²) in [5.74, 6) is 0. The molecule has 1 aliphatic heterocycles. The van der Waals surface area contributed by atoms with E-state index >= 15 is 0 Å². The molecule has 1 fully saturated rings. The fraction of sp³-hybridized carbons (Fsp3) is 0.600. The monoisotopic (exact) mass is 301 g/mol. The number of carbonyl (C=O) groups excluding carboxylic acids is 1. The fourth-order valence-electron chi connectivity index (χ4n) is 2.29. The van der Waals surface area contributed by atoms with Crippen LogP contribution in [0.25, 0.3) is 0 Å². The third-order valence-electron chi connectivity index (χ3n) is 3.15. The Bertz CT molecular complexity index is 567. The lowest BCUT2D eigenvalue weighted by Crippen LogP contribution is -2.49. The second-order valence-corrected chi connectivity index (χ2v) is 5.93. The molecule has 1 aliphatic rings. The Hall–Kier alpha value is -2.72. The molecule has 0 aromatic heterocycles. The highest BCUT2D eigenvalue weighted by Gasteiger charge is 2.34. The molecule has 0 radical (unpaired) electrons. The second-order valence-electron chi connectivity index (χ2n) is 5.93. The van der Waals surface area contributed by atoms with Crippen LogP contribution in [-0.2, 0) is 4.74 Å². The minimum absolute atomic E-state index is 0.165. The Balaban J connectivity index is 3.15. The number of nitriles is 3. The van der Waals surface area contributed by atoms with Gasteiger partial charge in [-0.15, -0.1) is 0 Å². The number of hydrogen-bond acceptors (Lipinski definition) is 6. The maximum Gasteiger partial charge on any atom is 0.410 e. The van der Waals surface area contributed by atoms with E-state index in [2.05, 4.69) is 5.32 Å². The lowest BCUT2D eigenvalue weighted by Gasteiger charge is -2.37. The minimum atomic E-state index is -0.640. The first-order valence-corrected chi connectivity index (χ1v) is 7.03. The molecule has 22 heavy (non-hydrogen) atoms. The molecule has 0 bridgehead atoms. The molecule has 0 spiro atoms. The number of hydrogen-bond donors (Lipinski definition) is 1. The molecule has 1 rings (SSSR count). The van der Waals surface area contributed by atoms with Gasteiger partial charge in [0, 0.05) is 6.54 Å². The Kier molecular flexibility index (Phi) is 5.78. The SMILES string of the molecule is CC(C)(C)OC(=O)N1CCCCC1C(NC#N)=C(C#N)C#N. The van der Waals surface area contributed by atoms with E-state index in [1.54, 1.807) is 39.1 Å². The highest BCUT2D eigenvalue weighted by Crippen LogP contribution is 2.25. The molecule has 1 atom stereocenters. The number of ether oxygens (including phenoxy) is 1. The average molecular weight is 301 g/mol. The molecule has 0 saturated carbocycles. The number of amides is 1. The van der Waals surface area contributed by atoms with Gasteiger partial charge >= 0.3 is 6.09 Å². The first kappa shape index (κ1) is 17.3. The summed E-state index contributed by atoms with van der Waals surface area (Å²) in [5, 5.41) is 29.4. The number of likely N-dealkylation sites (tertiary alicyclic amines) is 1. The quantitative estimate of drug-likeness (QED) is 0.475. The molecule has 116 valence electrons. The molecule has 7 heteroatoms. The molecule has 1 heterocycles. The number of allylic oxidation sites excluding steroid dienone is 1. The van der Waals surface area contributed by atoms with Gasteiger partial charge in [0.05, 0.1) is 11.7 Å². The van der Waals surface area contributed by atoms with Crippen LogP contribution < -0.4 is 5.32 Å². The average Bonchev–Trinajstić information content (AvgIpc) is 2.46. The first-order chi connectivity index (χ1) is 10.3. The normalized spacial score (nSPS) is 17.5. The smallest absolute Gasteiger partial charge is 0.410 e. The van der Waals surface area contributed by atoms with Crippen molar-refractivity contribution in [2.45, 2.75) is 51.7 Å². The molecule has 1 saturated heterocycles. The van der Waals surface area contributed by atoms with E-state index in [1.165, 1.54) is 4.90 Å². The summed E-state index contributed by atoms with van der Waals surface area (Å²) in [4.78, 5) is 13.8. The molecule has 7 nitrogen and oxygen atoms in total. The van der Waals surface area contributed by atoms with E-state index < -0.39 is 17.7 Å². The van der Waals surface area contributed by atoms with Crippen molar-refractivity contribution in [3.63, 3.8) is 0 Å². The largest absolute Gasteiger partial charge is 0.444 e. The molecule has 1 amide bonds. The van der Waals surface area contributed by atoms with Crippen LogP contribution in [0.1, 0.15) is 40.0 Å². The first-order valence-electron chi connectivity index (χ1n) is 7.03. The topological polar surface area (TPSA) is 113 Å². The highest BCUT2D eigenvalue weighted by atomic mass is 16.6. The molecule has 0 aliphatic carbocycles. The van der Waals surface area contributed by atoms with E-state index in [9.17, 15) is 4.79 Å². The van der Waals surface area contributed by atoms with Crippen LogP contribution >= 0.6 is 0 Å². The van der Waals surface area contributed by atoms with Gasteiger partial charge in [-0.3, -0.25) is 10.2 Å². The third-order valence-corrected chi connectivity index (χ3v) is 3.15. The van der Waals surface area contributed by atoms with Crippen molar-refractivity contribution in [1.29, 1.82) is 15.8 Å². The van der Waals surface area contributed by atoms with Crippen molar-refractivity contribution in [2.75, 3.05) is 6.54 Å². The van der Waals surface area contributed by atoms with Gasteiger partial charge in [0.1, 0.15) is 17.7 Å². The van der Waals surface area contributed by atoms with Crippen LogP contribution in [0.4, 0.5) is 4.79 Å². The number of piperidine rings is 1. The summed E-state index contributed by atoms with van der Waals surface area (Å²) >= 11 is 0. The minimum Gasteiger partial charge on any atom is -0.444 e. The van der Waals surface area contributed by atoms with Gasteiger partial charge in [-0.2, -0.15) is 15.8 Å². The van der Waals surface area contributed by atoms with Gasteiger partial charge in [-0.05, 0) is 40.0 Å². The summed E-state index contributed by atoms with van der Waals surface area (Å²) in [6.45, 7) is 5.76. The molecule has 1 unspecified atom stereocenters. The van der Waals surface area contributed by atoms with E-state index in [0.717, 1.165) is 12.8 Å². The fourth-order valence-corrected chi connectivity index (χ4v) is 2.29. The predicted octanol–water partition coefficient (Wildman–Crippen LogP) is 2.15. The van der Waals surface area contributed by atoms with Gasteiger partial charge in [0.25, 0.3) is 0 Å². The Labute approximate surface area is 130 Å². The number of nitrogens with zero attached hydrogens (tertiary/aromatic N) is 4. The lowest BCUT2D eigenvalue weighted by molar-refractivity contribution is 0.0133. The Morgan fingerprint density at radius 2 is 1.86 bits per heavy atom. The van der Waals surface area contributed by atoms with Crippen molar-refractivity contribution in [3.8, 4) is 18.3 Å². The summed E-state index contributed by atoms with van der Waals surface area (Å²) in [5.41, 5.74) is -0.668. The predicted molar refractivity (Wildman–Crippen MR) is 77.6 cm³/mol. The van der Waals surface area contributed by atoms with Crippen LogP contribution in [0, 0.1) is 34.1 Å². The summed E-state index contributed by atoms with van der Waals surface area (Å²) in [7, 11) is 0. The van der Waals surface area contributed by atoms with Crippen LogP contribution in [0.15, 0.2) is 11.3 Å². The summed E-state index contributed by atoms with van der Waals surface area (Å²) in [6.07, 6.45) is 3.44. The summed E-state index contributed by atoms with van der Waals surface area (Å²) < 4.78 is 5.37. The molecule has 1 N–H and O–H groups in total.